The van der Waals surface area contributed by atoms with E-state index in [0.29, 0.717) is 5.57 Å². The summed E-state index contributed by atoms with van der Waals surface area (Å²) in [6, 6.07) is 14.4. The molecule has 21 heavy (non-hydrogen) atoms. The molecule has 0 amide bonds. The Morgan fingerprint density at radius 2 is 1.81 bits per heavy atom. The van der Waals surface area contributed by atoms with Crippen molar-refractivity contribution in [2.45, 2.75) is 13.8 Å². The average molecular weight is 291 g/mol. The van der Waals surface area contributed by atoms with Gasteiger partial charge in [-0.2, -0.15) is 14.0 Å². The van der Waals surface area contributed by atoms with Crippen LogP contribution >= 0.6 is 11.7 Å². The molecule has 0 bridgehead atoms. The zero-order valence-electron chi connectivity index (χ0n) is 11.8. The molecule has 0 radical (unpaired) electrons. The standard InChI is InChI=1S/C17H13N3S/c1-11(10-18)9-13-4-6-14(7-5-13)15-8-3-12(2)16-17(15)20-21-19-16/h3-9H,1-2H3. The van der Waals surface area contributed by atoms with E-state index in [1.165, 1.54) is 11.7 Å². The second kappa shape index (κ2) is 5.47. The third kappa shape index (κ3) is 2.56. The third-order valence-corrected chi connectivity index (χ3v) is 3.93. The van der Waals surface area contributed by atoms with E-state index in [-0.39, 0.29) is 0 Å². The minimum Gasteiger partial charge on any atom is -0.193 e. The molecular weight excluding hydrogens is 278 g/mol. The van der Waals surface area contributed by atoms with Crippen LogP contribution in [0.2, 0.25) is 0 Å². The first kappa shape index (κ1) is 13.5. The van der Waals surface area contributed by atoms with Crippen molar-refractivity contribution in [3.8, 4) is 17.2 Å². The molecule has 0 saturated heterocycles. The summed E-state index contributed by atoms with van der Waals surface area (Å²) in [4.78, 5) is 0. The number of nitriles is 1. The fraction of sp³-hybridized carbons (Fsp3) is 0.118. The highest BCUT2D eigenvalue weighted by atomic mass is 32.1. The number of hydrogen-bond donors (Lipinski definition) is 0. The van der Waals surface area contributed by atoms with E-state index < -0.39 is 0 Å². The van der Waals surface area contributed by atoms with Gasteiger partial charge in [0.15, 0.2) is 0 Å². The van der Waals surface area contributed by atoms with Gasteiger partial charge in [0.1, 0.15) is 11.0 Å². The Balaban J connectivity index is 2.06. The summed E-state index contributed by atoms with van der Waals surface area (Å²) in [5, 5.41) is 8.82. The van der Waals surface area contributed by atoms with E-state index in [1.54, 1.807) is 6.92 Å². The fourth-order valence-corrected chi connectivity index (χ4v) is 2.88. The molecule has 102 valence electrons. The molecule has 0 unspecified atom stereocenters. The van der Waals surface area contributed by atoms with Gasteiger partial charge in [-0.3, -0.25) is 0 Å². The van der Waals surface area contributed by atoms with Crippen LogP contribution in [-0.2, 0) is 0 Å². The van der Waals surface area contributed by atoms with E-state index in [1.807, 2.05) is 25.1 Å². The molecule has 0 saturated carbocycles. The van der Waals surface area contributed by atoms with E-state index in [4.69, 9.17) is 5.26 Å². The van der Waals surface area contributed by atoms with Gasteiger partial charge in [-0.25, -0.2) is 0 Å². The van der Waals surface area contributed by atoms with Crippen LogP contribution in [-0.4, -0.2) is 8.75 Å². The molecule has 1 heterocycles. The lowest BCUT2D eigenvalue weighted by atomic mass is 10.0. The van der Waals surface area contributed by atoms with Crippen molar-refractivity contribution >= 4 is 28.8 Å². The SMILES string of the molecule is CC(C#N)=Cc1ccc(-c2ccc(C)c3nsnc23)cc1. The number of aromatic nitrogens is 2. The van der Waals surface area contributed by atoms with Crippen molar-refractivity contribution in [1.29, 1.82) is 5.26 Å². The van der Waals surface area contributed by atoms with Gasteiger partial charge >= 0.3 is 0 Å². The van der Waals surface area contributed by atoms with Gasteiger partial charge in [0.25, 0.3) is 0 Å². The van der Waals surface area contributed by atoms with Gasteiger partial charge < -0.3 is 0 Å². The molecule has 0 aliphatic carbocycles. The van der Waals surface area contributed by atoms with Crippen molar-refractivity contribution in [2.24, 2.45) is 0 Å². The van der Waals surface area contributed by atoms with Crippen LogP contribution in [0.5, 0.6) is 0 Å². The van der Waals surface area contributed by atoms with Gasteiger partial charge in [-0.1, -0.05) is 36.4 Å². The molecule has 0 fully saturated rings. The zero-order chi connectivity index (χ0) is 14.8. The second-order valence-corrected chi connectivity index (χ2v) is 5.48. The molecule has 0 atom stereocenters. The molecule has 0 spiro atoms. The smallest absolute Gasteiger partial charge is 0.112 e. The van der Waals surface area contributed by atoms with Crippen molar-refractivity contribution in [3.05, 3.63) is 53.1 Å². The topological polar surface area (TPSA) is 49.6 Å². The monoisotopic (exact) mass is 291 g/mol. The number of hydrogen-bond acceptors (Lipinski definition) is 4. The minimum atomic E-state index is 0.698. The number of benzene rings is 2. The highest BCUT2D eigenvalue weighted by Gasteiger charge is 2.09. The summed E-state index contributed by atoms with van der Waals surface area (Å²) < 4.78 is 8.77. The molecule has 3 nitrogen and oxygen atoms in total. The van der Waals surface area contributed by atoms with Crippen LogP contribution in [0.3, 0.4) is 0 Å². The number of aryl methyl sites for hydroxylation is 1. The lowest BCUT2D eigenvalue weighted by molar-refractivity contribution is 1.45. The summed E-state index contributed by atoms with van der Waals surface area (Å²) in [6.45, 7) is 3.85. The molecule has 0 N–H and O–H groups in total. The van der Waals surface area contributed by atoms with Gasteiger partial charge in [-0.05, 0) is 36.6 Å². The first-order valence-electron chi connectivity index (χ1n) is 6.60. The van der Waals surface area contributed by atoms with Gasteiger partial charge in [0.2, 0.25) is 0 Å². The van der Waals surface area contributed by atoms with Crippen LogP contribution in [0.15, 0.2) is 42.0 Å². The summed E-state index contributed by atoms with van der Waals surface area (Å²) in [7, 11) is 0. The van der Waals surface area contributed by atoms with Gasteiger partial charge in [-0.15, -0.1) is 0 Å². The zero-order valence-corrected chi connectivity index (χ0v) is 12.6. The Morgan fingerprint density at radius 1 is 1.10 bits per heavy atom. The highest BCUT2D eigenvalue weighted by Crippen LogP contribution is 2.29. The predicted molar refractivity (Wildman–Crippen MR) is 86.9 cm³/mol. The summed E-state index contributed by atoms with van der Waals surface area (Å²) in [5.41, 5.74) is 7.00. The Bertz CT molecular complexity index is 867. The summed E-state index contributed by atoms with van der Waals surface area (Å²) in [5.74, 6) is 0. The lowest BCUT2D eigenvalue weighted by Gasteiger charge is -2.04. The largest absolute Gasteiger partial charge is 0.193 e. The minimum absolute atomic E-state index is 0.698. The fourth-order valence-electron chi connectivity index (χ4n) is 2.26. The molecule has 0 aliphatic rings. The lowest BCUT2D eigenvalue weighted by Crippen LogP contribution is -1.84. The van der Waals surface area contributed by atoms with Crippen LogP contribution in [0.1, 0.15) is 18.1 Å². The van der Waals surface area contributed by atoms with Crippen molar-refractivity contribution < 1.29 is 0 Å². The maximum atomic E-state index is 8.82. The van der Waals surface area contributed by atoms with E-state index in [2.05, 4.69) is 39.1 Å². The first-order chi connectivity index (χ1) is 10.2. The normalized spacial score (nSPS) is 11.6. The Morgan fingerprint density at radius 3 is 2.52 bits per heavy atom. The van der Waals surface area contributed by atoms with Crippen LogP contribution in [0, 0.1) is 18.3 Å². The molecule has 0 aliphatic heterocycles. The van der Waals surface area contributed by atoms with Crippen molar-refractivity contribution in [1.82, 2.24) is 8.75 Å². The average Bonchev–Trinajstić information content (AvgIpc) is 2.99. The van der Waals surface area contributed by atoms with Crippen molar-refractivity contribution in [3.63, 3.8) is 0 Å². The molecule has 2 aromatic carbocycles. The van der Waals surface area contributed by atoms with Crippen LogP contribution < -0.4 is 0 Å². The quantitative estimate of drug-likeness (QED) is 0.649. The Labute approximate surface area is 127 Å². The number of nitrogens with zero attached hydrogens (tertiary/aromatic N) is 3. The Hall–Kier alpha value is -2.51. The number of fused-ring (bicyclic) bond motifs is 1. The van der Waals surface area contributed by atoms with E-state index in [9.17, 15) is 0 Å². The number of allylic oxidation sites excluding steroid dienone is 1. The van der Waals surface area contributed by atoms with Crippen molar-refractivity contribution in [2.75, 3.05) is 0 Å². The maximum absolute atomic E-state index is 8.82. The van der Waals surface area contributed by atoms with Gasteiger partial charge in [0.05, 0.1) is 17.8 Å². The highest BCUT2D eigenvalue weighted by molar-refractivity contribution is 7.00. The molecular formula is C17H13N3S. The van der Waals surface area contributed by atoms with Gasteiger partial charge in [0, 0.05) is 11.1 Å². The number of rotatable bonds is 2. The molecule has 3 rings (SSSR count). The third-order valence-electron chi connectivity index (χ3n) is 3.40. The predicted octanol–water partition coefficient (Wildman–Crippen LogP) is 4.59. The summed E-state index contributed by atoms with van der Waals surface area (Å²) >= 11 is 1.24. The van der Waals surface area contributed by atoms with Crippen LogP contribution in [0.25, 0.3) is 28.2 Å². The van der Waals surface area contributed by atoms with E-state index >= 15 is 0 Å². The van der Waals surface area contributed by atoms with E-state index in [0.717, 1.165) is 33.3 Å². The molecule has 1 aromatic heterocycles. The maximum Gasteiger partial charge on any atom is 0.112 e. The second-order valence-electron chi connectivity index (χ2n) is 4.95. The summed E-state index contributed by atoms with van der Waals surface area (Å²) in [6.07, 6.45) is 1.87. The first-order valence-corrected chi connectivity index (χ1v) is 7.33. The molecule has 4 heteroatoms. The van der Waals surface area contributed by atoms with Crippen LogP contribution in [0.4, 0.5) is 0 Å². The molecule has 3 aromatic rings. The Kier molecular flexibility index (Phi) is 3.51.